The molecule has 0 spiro atoms. The lowest BCUT2D eigenvalue weighted by Gasteiger charge is -1.81. The number of H-pyrrole nitrogens is 1. The largest absolute Gasteiger partial charge is 0.329 e. The molecule has 3 heteroatoms. The number of benzene rings is 1. The molecule has 1 aromatic carbocycles. The second kappa shape index (κ2) is 7.39. The average molecular weight is 213 g/mol. The Bertz CT molecular complexity index is 322. The molecule has 1 heterocycles. The van der Waals surface area contributed by atoms with Gasteiger partial charge in [0.1, 0.15) is 0 Å². The molecular formula is C11H17ClN2. The van der Waals surface area contributed by atoms with Gasteiger partial charge in [0.05, 0.1) is 11.0 Å². The van der Waals surface area contributed by atoms with Gasteiger partial charge in [-0.05, 0) is 23.7 Å². The number of aromatic nitrogens is 2. The van der Waals surface area contributed by atoms with Crippen molar-refractivity contribution >= 4 is 22.6 Å². The summed E-state index contributed by atoms with van der Waals surface area (Å²) in [6, 6.07) is 7.72. The van der Waals surface area contributed by atoms with Crippen LogP contribution in [-0.2, 0) is 0 Å². The molecule has 1 N–H and O–H groups in total. The van der Waals surface area contributed by atoms with E-state index >= 15 is 0 Å². The van der Waals surface area contributed by atoms with Crippen LogP contribution in [-0.4, -0.2) is 9.97 Å². The Kier molecular flexibility index (Phi) is 6.85. The maximum absolute atomic E-state index is 5.62. The van der Waals surface area contributed by atoms with Crippen LogP contribution in [0.5, 0.6) is 0 Å². The van der Waals surface area contributed by atoms with E-state index in [1.807, 2.05) is 52.0 Å². The highest BCUT2D eigenvalue weighted by molar-refractivity contribution is 6.29. The van der Waals surface area contributed by atoms with Gasteiger partial charge in [-0.2, -0.15) is 0 Å². The first-order valence-electron chi connectivity index (χ1n) is 4.96. The first-order chi connectivity index (χ1) is 6.86. The molecule has 0 aliphatic heterocycles. The number of hydrogen-bond donors (Lipinski definition) is 1. The van der Waals surface area contributed by atoms with Crippen LogP contribution in [0.4, 0.5) is 0 Å². The molecule has 0 saturated heterocycles. The number of fused-ring (bicyclic) bond motifs is 1. The third kappa shape index (κ3) is 3.38. The Hall–Kier alpha value is -1.02. The molecule has 0 radical (unpaired) electrons. The molecule has 0 amide bonds. The summed E-state index contributed by atoms with van der Waals surface area (Å²) in [5.74, 6) is 0. The van der Waals surface area contributed by atoms with Crippen molar-refractivity contribution in [3.63, 3.8) is 0 Å². The van der Waals surface area contributed by atoms with Crippen molar-refractivity contribution in [3.05, 3.63) is 29.5 Å². The molecule has 0 aliphatic rings. The van der Waals surface area contributed by atoms with E-state index < -0.39 is 0 Å². The van der Waals surface area contributed by atoms with Gasteiger partial charge in [-0.25, -0.2) is 4.98 Å². The fourth-order valence-electron chi connectivity index (χ4n) is 0.922. The van der Waals surface area contributed by atoms with Gasteiger partial charge in [-0.15, -0.1) is 0 Å². The molecule has 0 atom stereocenters. The minimum Gasteiger partial charge on any atom is -0.329 e. The summed E-state index contributed by atoms with van der Waals surface area (Å²) in [6.45, 7) is 8.00. The summed E-state index contributed by atoms with van der Waals surface area (Å²) < 4.78 is 0. The number of halogens is 1. The van der Waals surface area contributed by atoms with Crippen LogP contribution < -0.4 is 0 Å². The van der Waals surface area contributed by atoms with Gasteiger partial charge < -0.3 is 4.98 Å². The molecule has 78 valence electrons. The van der Waals surface area contributed by atoms with Gasteiger partial charge in [0, 0.05) is 0 Å². The molecule has 2 rings (SSSR count). The van der Waals surface area contributed by atoms with E-state index in [1.54, 1.807) is 0 Å². The second-order valence-corrected chi connectivity index (χ2v) is 2.40. The zero-order chi connectivity index (χ0) is 11.0. The van der Waals surface area contributed by atoms with Gasteiger partial charge >= 0.3 is 0 Å². The van der Waals surface area contributed by atoms with Crippen LogP contribution in [0.15, 0.2) is 24.3 Å². The fraction of sp³-hybridized carbons (Fsp3) is 0.364. The van der Waals surface area contributed by atoms with E-state index in [4.69, 9.17) is 11.6 Å². The fourth-order valence-corrected chi connectivity index (χ4v) is 1.11. The zero-order valence-electron chi connectivity index (χ0n) is 9.13. The van der Waals surface area contributed by atoms with E-state index in [0.717, 1.165) is 11.0 Å². The molecule has 2 aromatic rings. The average Bonchev–Trinajstić information content (AvgIpc) is 2.64. The number of nitrogens with zero attached hydrogens (tertiary/aromatic N) is 1. The molecule has 0 bridgehead atoms. The van der Waals surface area contributed by atoms with Gasteiger partial charge in [0.15, 0.2) is 0 Å². The van der Waals surface area contributed by atoms with Crippen LogP contribution in [0.2, 0.25) is 5.28 Å². The first kappa shape index (κ1) is 13.0. The van der Waals surface area contributed by atoms with E-state index in [-0.39, 0.29) is 0 Å². The number of nitrogens with one attached hydrogen (secondary N) is 1. The highest BCUT2D eigenvalue weighted by atomic mass is 35.5. The highest BCUT2D eigenvalue weighted by Crippen LogP contribution is 2.12. The van der Waals surface area contributed by atoms with Crippen molar-refractivity contribution < 1.29 is 0 Å². The molecular weight excluding hydrogens is 196 g/mol. The standard InChI is InChI=1S/C7H5ClN2.2C2H6/c8-7-9-5-3-1-2-4-6(5)10-7;2*1-2/h1-4H,(H,9,10);2*1-2H3. The predicted octanol–water partition coefficient (Wildman–Crippen LogP) is 4.27. The molecule has 1 aromatic heterocycles. The summed E-state index contributed by atoms with van der Waals surface area (Å²) in [6.07, 6.45) is 0. The maximum atomic E-state index is 5.62. The molecule has 0 aliphatic carbocycles. The van der Waals surface area contributed by atoms with Gasteiger partial charge in [-0.3, -0.25) is 0 Å². The molecule has 2 nitrogen and oxygen atoms in total. The van der Waals surface area contributed by atoms with Gasteiger partial charge in [-0.1, -0.05) is 39.8 Å². The molecule has 14 heavy (non-hydrogen) atoms. The molecule has 0 unspecified atom stereocenters. The summed E-state index contributed by atoms with van der Waals surface area (Å²) >= 11 is 5.62. The Morgan fingerprint density at radius 3 is 2.21 bits per heavy atom. The van der Waals surface area contributed by atoms with E-state index in [9.17, 15) is 0 Å². The SMILES string of the molecule is CC.CC.Clc1nc2ccccc2[nH]1. The number of hydrogen-bond acceptors (Lipinski definition) is 1. The minimum absolute atomic E-state index is 0.446. The Labute approximate surface area is 90.3 Å². The first-order valence-corrected chi connectivity index (χ1v) is 5.34. The van der Waals surface area contributed by atoms with E-state index in [0.29, 0.717) is 5.28 Å². The quantitative estimate of drug-likeness (QED) is 0.694. The lowest BCUT2D eigenvalue weighted by atomic mass is 10.3. The van der Waals surface area contributed by atoms with Crippen molar-refractivity contribution in [2.75, 3.05) is 0 Å². The molecule has 0 fully saturated rings. The van der Waals surface area contributed by atoms with Crippen LogP contribution in [0.25, 0.3) is 11.0 Å². The highest BCUT2D eigenvalue weighted by Gasteiger charge is 1.95. The predicted molar refractivity (Wildman–Crippen MR) is 63.8 cm³/mol. The smallest absolute Gasteiger partial charge is 0.201 e. The van der Waals surface area contributed by atoms with Crippen LogP contribution in [0.1, 0.15) is 27.7 Å². The van der Waals surface area contributed by atoms with Crippen molar-refractivity contribution in [1.82, 2.24) is 9.97 Å². The lowest BCUT2D eigenvalue weighted by Crippen LogP contribution is -1.63. The maximum Gasteiger partial charge on any atom is 0.201 e. The summed E-state index contributed by atoms with van der Waals surface area (Å²) in [7, 11) is 0. The van der Waals surface area contributed by atoms with Crippen LogP contribution >= 0.6 is 11.6 Å². The third-order valence-electron chi connectivity index (χ3n) is 1.36. The number of para-hydroxylation sites is 2. The zero-order valence-corrected chi connectivity index (χ0v) is 9.89. The number of imidazole rings is 1. The summed E-state index contributed by atoms with van der Waals surface area (Å²) in [4.78, 5) is 6.94. The topological polar surface area (TPSA) is 28.7 Å². The third-order valence-corrected chi connectivity index (χ3v) is 1.54. The van der Waals surface area contributed by atoms with E-state index in [1.165, 1.54) is 0 Å². The minimum atomic E-state index is 0.446. The van der Waals surface area contributed by atoms with Crippen LogP contribution in [0.3, 0.4) is 0 Å². The van der Waals surface area contributed by atoms with Crippen molar-refractivity contribution in [3.8, 4) is 0 Å². The Morgan fingerprint density at radius 2 is 1.64 bits per heavy atom. The number of aromatic amines is 1. The number of rotatable bonds is 0. The van der Waals surface area contributed by atoms with Crippen LogP contribution in [0, 0.1) is 0 Å². The van der Waals surface area contributed by atoms with Crippen molar-refractivity contribution in [1.29, 1.82) is 0 Å². The van der Waals surface area contributed by atoms with Gasteiger partial charge in [0.2, 0.25) is 5.28 Å². The summed E-state index contributed by atoms with van der Waals surface area (Å²) in [5, 5.41) is 0.446. The van der Waals surface area contributed by atoms with E-state index in [2.05, 4.69) is 9.97 Å². The van der Waals surface area contributed by atoms with Crippen molar-refractivity contribution in [2.45, 2.75) is 27.7 Å². The van der Waals surface area contributed by atoms with Crippen molar-refractivity contribution in [2.24, 2.45) is 0 Å². The second-order valence-electron chi connectivity index (χ2n) is 2.04. The Balaban J connectivity index is 0.000000379. The normalized spacial score (nSPS) is 8.36. The summed E-state index contributed by atoms with van der Waals surface area (Å²) in [5.41, 5.74) is 1.89. The Morgan fingerprint density at radius 1 is 1.07 bits per heavy atom. The molecule has 0 saturated carbocycles. The monoisotopic (exact) mass is 212 g/mol. The lowest BCUT2D eigenvalue weighted by molar-refractivity contribution is 1.34. The van der Waals surface area contributed by atoms with Gasteiger partial charge in [0.25, 0.3) is 0 Å².